The van der Waals surface area contributed by atoms with Crippen LogP contribution in [0.3, 0.4) is 0 Å². The number of rotatable bonds is 6. The molecule has 8 nitrogen and oxygen atoms in total. The van der Waals surface area contributed by atoms with Crippen LogP contribution in [-0.4, -0.2) is 47.3 Å². The average Bonchev–Trinajstić information content (AvgIpc) is 3.23. The molecule has 0 aliphatic carbocycles. The van der Waals surface area contributed by atoms with Crippen molar-refractivity contribution in [3.63, 3.8) is 0 Å². The topological polar surface area (TPSA) is 99.6 Å². The Hall–Kier alpha value is -3.38. The first kappa shape index (κ1) is 21.8. The van der Waals surface area contributed by atoms with E-state index in [1.807, 2.05) is 12.1 Å². The summed E-state index contributed by atoms with van der Waals surface area (Å²) in [6.07, 6.45) is -4.06. The molecule has 3 heterocycles. The summed E-state index contributed by atoms with van der Waals surface area (Å²) in [4.78, 5) is 21.2. The van der Waals surface area contributed by atoms with Gasteiger partial charge in [0.15, 0.2) is 0 Å². The van der Waals surface area contributed by atoms with Crippen molar-refractivity contribution in [1.29, 1.82) is 0 Å². The number of morpholine rings is 1. The molecule has 168 valence electrons. The SMILES string of the molecule is O=C(O)c1ccsc1Nc1nc(Nc2ccc(N3CCOCC3)cc2)ncc1C(F)(F)F. The third-order valence-corrected chi connectivity index (χ3v) is 5.55. The molecule has 12 heteroatoms. The van der Waals surface area contributed by atoms with Crippen LogP contribution in [-0.2, 0) is 10.9 Å². The number of hydrogen-bond donors (Lipinski definition) is 3. The van der Waals surface area contributed by atoms with Crippen LogP contribution in [0.2, 0.25) is 0 Å². The zero-order valence-electron chi connectivity index (χ0n) is 16.5. The van der Waals surface area contributed by atoms with E-state index in [1.165, 1.54) is 11.4 Å². The maximum atomic E-state index is 13.4. The number of thiophene rings is 1. The molecule has 3 N–H and O–H groups in total. The van der Waals surface area contributed by atoms with E-state index >= 15 is 0 Å². The lowest BCUT2D eigenvalue weighted by atomic mass is 10.2. The fourth-order valence-corrected chi connectivity index (χ4v) is 3.91. The fraction of sp³-hybridized carbons (Fsp3) is 0.250. The highest BCUT2D eigenvalue weighted by Crippen LogP contribution is 2.37. The van der Waals surface area contributed by atoms with Crippen LogP contribution in [0.15, 0.2) is 41.9 Å². The van der Waals surface area contributed by atoms with Crippen LogP contribution in [0.1, 0.15) is 15.9 Å². The molecule has 3 aromatic rings. The summed E-state index contributed by atoms with van der Waals surface area (Å²) in [5.41, 5.74) is 0.355. The molecule has 0 amide bonds. The number of ether oxygens (including phenoxy) is 1. The molecule has 1 aliphatic rings. The number of halogens is 3. The van der Waals surface area contributed by atoms with Gasteiger partial charge in [0.2, 0.25) is 5.95 Å². The van der Waals surface area contributed by atoms with Gasteiger partial charge >= 0.3 is 12.1 Å². The molecule has 0 atom stereocenters. The van der Waals surface area contributed by atoms with Gasteiger partial charge < -0.3 is 25.4 Å². The summed E-state index contributed by atoms with van der Waals surface area (Å²) in [5, 5.41) is 16.1. The Morgan fingerprint density at radius 1 is 1.12 bits per heavy atom. The minimum absolute atomic E-state index is 0.0440. The molecule has 1 aliphatic heterocycles. The van der Waals surface area contributed by atoms with E-state index in [4.69, 9.17) is 4.74 Å². The molecule has 2 aromatic heterocycles. The molecular weight excluding hydrogens is 447 g/mol. The molecule has 4 rings (SSSR count). The van der Waals surface area contributed by atoms with Gasteiger partial charge in [-0.25, -0.2) is 9.78 Å². The monoisotopic (exact) mass is 465 g/mol. The van der Waals surface area contributed by atoms with Crippen LogP contribution < -0.4 is 15.5 Å². The fourth-order valence-electron chi connectivity index (χ4n) is 3.13. The Labute approximate surface area is 184 Å². The van der Waals surface area contributed by atoms with Gasteiger partial charge in [0.25, 0.3) is 0 Å². The van der Waals surface area contributed by atoms with Crippen molar-refractivity contribution in [1.82, 2.24) is 9.97 Å². The Bertz CT molecular complexity index is 1100. The largest absolute Gasteiger partial charge is 0.478 e. The summed E-state index contributed by atoms with van der Waals surface area (Å²) >= 11 is 0.963. The van der Waals surface area contributed by atoms with Gasteiger partial charge in [-0.15, -0.1) is 11.3 Å². The highest BCUT2D eigenvalue weighted by Gasteiger charge is 2.35. The van der Waals surface area contributed by atoms with Crippen molar-refractivity contribution in [3.05, 3.63) is 53.0 Å². The Balaban J connectivity index is 1.57. The van der Waals surface area contributed by atoms with Gasteiger partial charge in [0.1, 0.15) is 16.4 Å². The van der Waals surface area contributed by atoms with Crippen LogP contribution in [0, 0.1) is 0 Å². The second kappa shape index (κ2) is 9.01. The number of benzene rings is 1. The average molecular weight is 465 g/mol. The third kappa shape index (κ3) is 4.92. The van der Waals surface area contributed by atoms with E-state index in [0.29, 0.717) is 25.1 Å². The zero-order valence-corrected chi connectivity index (χ0v) is 17.3. The molecular formula is C20H18F3N5O3S. The van der Waals surface area contributed by atoms with Crippen molar-refractivity contribution in [2.45, 2.75) is 6.18 Å². The van der Waals surface area contributed by atoms with E-state index in [0.717, 1.165) is 30.1 Å². The molecule has 1 saturated heterocycles. The smallest absolute Gasteiger partial charge is 0.421 e. The van der Waals surface area contributed by atoms with Crippen LogP contribution in [0.5, 0.6) is 0 Å². The Morgan fingerprint density at radius 3 is 2.50 bits per heavy atom. The van der Waals surface area contributed by atoms with E-state index in [1.54, 1.807) is 12.1 Å². The van der Waals surface area contributed by atoms with Crippen LogP contribution >= 0.6 is 11.3 Å². The highest BCUT2D eigenvalue weighted by molar-refractivity contribution is 7.14. The number of alkyl halides is 3. The summed E-state index contributed by atoms with van der Waals surface area (Å²) in [5.74, 6) is -1.85. The maximum absolute atomic E-state index is 13.4. The number of aromatic nitrogens is 2. The lowest BCUT2D eigenvalue weighted by molar-refractivity contribution is -0.137. The first-order valence-corrected chi connectivity index (χ1v) is 10.4. The lowest BCUT2D eigenvalue weighted by Gasteiger charge is -2.28. The van der Waals surface area contributed by atoms with Crippen molar-refractivity contribution in [2.75, 3.05) is 41.8 Å². The quantitative estimate of drug-likeness (QED) is 0.487. The van der Waals surface area contributed by atoms with Crippen molar-refractivity contribution < 1.29 is 27.8 Å². The van der Waals surface area contributed by atoms with Gasteiger partial charge in [-0.05, 0) is 35.7 Å². The third-order valence-electron chi connectivity index (χ3n) is 4.72. The normalized spacial score (nSPS) is 14.3. The van der Waals surface area contributed by atoms with E-state index < -0.39 is 23.5 Å². The van der Waals surface area contributed by atoms with Crippen molar-refractivity contribution in [3.8, 4) is 0 Å². The minimum atomic E-state index is -4.72. The minimum Gasteiger partial charge on any atom is -0.478 e. The van der Waals surface area contributed by atoms with Gasteiger partial charge in [0.05, 0.1) is 18.8 Å². The maximum Gasteiger partial charge on any atom is 0.421 e. The Morgan fingerprint density at radius 2 is 1.84 bits per heavy atom. The molecule has 0 bridgehead atoms. The van der Waals surface area contributed by atoms with Crippen LogP contribution in [0.25, 0.3) is 0 Å². The van der Waals surface area contributed by atoms with E-state index in [9.17, 15) is 23.1 Å². The second-order valence-corrected chi connectivity index (χ2v) is 7.73. The molecule has 32 heavy (non-hydrogen) atoms. The number of carboxylic acid groups (broad SMARTS) is 1. The van der Waals surface area contributed by atoms with E-state index in [-0.39, 0.29) is 16.5 Å². The standard InChI is InChI=1S/C20H18F3N5O3S/c21-20(22,23)15-11-24-19(27-16(15)26-17-14(18(29)30)5-10-32-17)25-12-1-3-13(4-2-12)28-6-8-31-9-7-28/h1-5,10-11H,6-9H2,(H,29,30)(H2,24,25,26,27). The number of aromatic carboxylic acids is 1. The molecule has 1 aromatic carbocycles. The number of nitrogens with one attached hydrogen (secondary N) is 2. The van der Waals surface area contributed by atoms with Gasteiger partial charge in [0, 0.05) is 30.7 Å². The highest BCUT2D eigenvalue weighted by atomic mass is 32.1. The molecule has 1 fully saturated rings. The van der Waals surface area contributed by atoms with Gasteiger partial charge in [-0.1, -0.05) is 0 Å². The van der Waals surface area contributed by atoms with Gasteiger partial charge in [-0.3, -0.25) is 0 Å². The first-order valence-electron chi connectivity index (χ1n) is 9.53. The second-order valence-electron chi connectivity index (χ2n) is 6.82. The number of hydrogen-bond acceptors (Lipinski definition) is 8. The summed E-state index contributed by atoms with van der Waals surface area (Å²) in [6.45, 7) is 2.88. The summed E-state index contributed by atoms with van der Waals surface area (Å²) < 4.78 is 45.7. The molecule has 0 spiro atoms. The number of carboxylic acids is 1. The lowest BCUT2D eigenvalue weighted by Crippen LogP contribution is -2.36. The van der Waals surface area contributed by atoms with Crippen molar-refractivity contribution >= 4 is 45.4 Å². The summed E-state index contributed by atoms with van der Waals surface area (Å²) in [6, 6.07) is 8.64. The van der Waals surface area contributed by atoms with Crippen molar-refractivity contribution in [2.24, 2.45) is 0 Å². The number of nitrogens with zero attached hydrogens (tertiary/aromatic N) is 3. The molecule has 0 saturated carbocycles. The molecule has 0 unspecified atom stereocenters. The predicted molar refractivity (Wildman–Crippen MR) is 114 cm³/mol. The van der Waals surface area contributed by atoms with Gasteiger partial charge in [-0.2, -0.15) is 18.2 Å². The number of carbonyl (C=O) groups is 1. The first-order chi connectivity index (χ1) is 15.3. The number of anilines is 5. The predicted octanol–water partition coefficient (Wildman–Crippen LogP) is 4.58. The Kier molecular flexibility index (Phi) is 6.15. The molecule has 0 radical (unpaired) electrons. The summed E-state index contributed by atoms with van der Waals surface area (Å²) in [7, 11) is 0. The van der Waals surface area contributed by atoms with E-state index in [2.05, 4.69) is 25.5 Å². The zero-order chi connectivity index (χ0) is 22.7. The van der Waals surface area contributed by atoms with Crippen LogP contribution in [0.4, 0.5) is 41.3 Å².